The Morgan fingerprint density at radius 2 is 1.54 bits per heavy atom. The van der Waals surface area contributed by atoms with E-state index in [1.807, 2.05) is 23.1 Å². The first-order chi connectivity index (χ1) is 13.7. The van der Waals surface area contributed by atoms with Crippen molar-refractivity contribution in [2.45, 2.75) is 32.1 Å². The Bertz CT molecular complexity index is 623. The second-order valence-electron chi connectivity index (χ2n) is 7.96. The topological polar surface area (TPSA) is 55.9 Å². The summed E-state index contributed by atoms with van der Waals surface area (Å²) in [5.74, 6) is 0.713. The minimum Gasteiger partial charge on any atom is -0.354 e. The van der Waals surface area contributed by atoms with Gasteiger partial charge in [0.05, 0.1) is 13.1 Å². The molecule has 0 aliphatic carbocycles. The second-order valence-corrected chi connectivity index (χ2v) is 7.96. The van der Waals surface area contributed by atoms with Gasteiger partial charge in [-0.25, -0.2) is 0 Å². The summed E-state index contributed by atoms with van der Waals surface area (Å²) < 4.78 is 0. The summed E-state index contributed by atoms with van der Waals surface area (Å²) in [5.41, 5.74) is 1.28. The van der Waals surface area contributed by atoms with Crippen molar-refractivity contribution >= 4 is 11.8 Å². The van der Waals surface area contributed by atoms with E-state index in [9.17, 15) is 9.59 Å². The lowest BCUT2D eigenvalue weighted by Crippen LogP contribution is -2.51. The van der Waals surface area contributed by atoms with Crippen LogP contribution in [-0.4, -0.2) is 85.4 Å². The van der Waals surface area contributed by atoms with Gasteiger partial charge in [0.2, 0.25) is 11.8 Å². The van der Waals surface area contributed by atoms with Crippen molar-refractivity contribution in [1.29, 1.82) is 0 Å². The van der Waals surface area contributed by atoms with E-state index in [0.717, 1.165) is 58.5 Å². The molecule has 0 aromatic heterocycles. The average molecular weight is 387 g/mol. The third-order valence-corrected chi connectivity index (χ3v) is 5.96. The van der Waals surface area contributed by atoms with Gasteiger partial charge >= 0.3 is 0 Å². The van der Waals surface area contributed by atoms with E-state index in [4.69, 9.17) is 0 Å². The summed E-state index contributed by atoms with van der Waals surface area (Å²) in [5, 5.41) is 3.10. The van der Waals surface area contributed by atoms with Crippen LogP contribution in [0.2, 0.25) is 0 Å². The van der Waals surface area contributed by atoms with Gasteiger partial charge < -0.3 is 10.2 Å². The summed E-state index contributed by atoms with van der Waals surface area (Å²) in [4.78, 5) is 31.0. The Morgan fingerprint density at radius 1 is 0.929 bits per heavy atom. The Balaban J connectivity index is 1.35. The summed E-state index contributed by atoms with van der Waals surface area (Å²) in [6.45, 7) is 9.04. The molecular weight excluding hydrogens is 352 g/mol. The molecule has 6 nitrogen and oxygen atoms in total. The van der Waals surface area contributed by atoms with Crippen LogP contribution in [0, 0.1) is 0 Å². The Kier molecular flexibility index (Phi) is 7.86. The maximum Gasteiger partial charge on any atom is 0.236 e. The molecule has 2 amide bonds. The van der Waals surface area contributed by atoms with E-state index in [1.165, 1.54) is 5.56 Å². The number of piperazine rings is 1. The molecule has 6 heteroatoms. The number of likely N-dealkylation sites (tertiary alicyclic amines) is 1. The number of hydrogen-bond acceptors (Lipinski definition) is 4. The lowest BCUT2D eigenvalue weighted by atomic mass is 9.96. The van der Waals surface area contributed by atoms with Crippen molar-refractivity contribution in [2.75, 3.05) is 58.9 Å². The van der Waals surface area contributed by atoms with Gasteiger partial charge in [-0.05, 0) is 24.8 Å². The predicted molar refractivity (Wildman–Crippen MR) is 111 cm³/mol. The van der Waals surface area contributed by atoms with Crippen LogP contribution in [-0.2, 0) is 9.59 Å². The highest BCUT2D eigenvalue weighted by molar-refractivity contribution is 5.79. The lowest BCUT2D eigenvalue weighted by Gasteiger charge is -2.34. The summed E-state index contributed by atoms with van der Waals surface area (Å²) in [7, 11) is 0. The van der Waals surface area contributed by atoms with E-state index >= 15 is 0 Å². The number of amides is 2. The van der Waals surface area contributed by atoms with Crippen molar-refractivity contribution in [3.8, 4) is 0 Å². The number of carbonyl (C=O) groups excluding carboxylic acids is 2. The van der Waals surface area contributed by atoms with Gasteiger partial charge in [-0.15, -0.1) is 0 Å². The lowest BCUT2D eigenvalue weighted by molar-refractivity contribution is -0.132. The van der Waals surface area contributed by atoms with Crippen molar-refractivity contribution < 1.29 is 9.59 Å². The van der Waals surface area contributed by atoms with Gasteiger partial charge in [-0.2, -0.15) is 0 Å². The van der Waals surface area contributed by atoms with Gasteiger partial charge in [0.15, 0.2) is 0 Å². The average Bonchev–Trinajstić information content (AvgIpc) is 3.26. The van der Waals surface area contributed by atoms with Crippen LogP contribution < -0.4 is 5.32 Å². The van der Waals surface area contributed by atoms with Crippen LogP contribution in [0.25, 0.3) is 0 Å². The first kappa shape index (κ1) is 20.8. The first-order valence-electron chi connectivity index (χ1n) is 10.7. The zero-order valence-corrected chi connectivity index (χ0v) is 17.1. The van der Waals surface area contributed by atoms with Crippen molar-refractivity contribution in [1.82, 2.24) is 20.0 Å². The maximum absolute atomic E-state index is 12.4. The molecule has 1 unspecified atom stereocenters. The normalized spacial score (nSPS) is 19.5. The molecule has 1 aromatic carbocycles. The number of nitrogens with zero attached hydrogens (tertiary/aromatic N) is 3. The molecule has 2 heterocycles. The number of benzene rings is 1. The smallest absolute Gasteiger partial charge is 0.236 e. The number of hydrogen-bond donors (Lipinski definition) is 1. The van der Waals surface area contributed by atoms with Gasteiger partial charge in [0.25, 0.3) is 0 Å². The molecule has 0 radical (unpaired) electrons. The largest absolute Gasteiger partial charge is 0.354 e. The van der Waals surface area contributed by atoms with Gasteiger partial charge in [-0.3, -0.25) is 19.4 Å². The van der Waals surface area contributed by atoms with Crippen LogP contribution in [0.4, 0.5) is 0 Å². The molecule has 2 aliphatic rings. The van der Waals surface area contributed by atoms with Crippen LogP contribution >= 0.6 is 0 Å². The fraction of sp³-hybridized carbons (Fsp3) is 0.636. The SMILES string of the molecule is CCC(CNC(=O)CN1CCN(CC(=O)N2CCCC2)CC1)c1ccccc1. The van der Waals surface area contributed by atoms with Gasteiger partial charge in [-0.1, -0.05) is 37.3 Å². The van der Waals surface area contributed by atoms with E-state index in [-0.39, 0.29) is 11.8 Å². The van der Waals surface area contributed by atoms with E-state index < -0.39 is 0 Å². The molecule has 2 aliphatic heterocycles. The highest BCUT2D eigenvalue weighted by atomic mass is 16.2. The highest BCUT2D eigenvalue weighted by Crippen LogP contribution is 2.17. The molecule has 1 atom stereocenters. The third kappa shape index (κ3) is 6.04. The molecule has 2 fully saturated rings. The third-order valence-electron chi connectivity index (χ3n) is 5.96. The summed E-state index contributed by atoms with van der Waals surface area (Å²) >= 11 is 0. The minimum absolute atomic E-state index is 0.0935. The molecule has 3 rings (SSSR count). The second kappa shape index (κ2) is 10.6. The van der Waals surface area contributed by atoms with Gasteiger partial charge in [0.1, 0.15) is 0 Å². The fourth-order valence-corrected chi connectivity index (χ4v) is 4.08. The molecule has 1 aromatic rings. The fourth-order valence-electron chi connectivity index (χ4n) is 4.08. The quantitative estimate of drug-likeness (QED) is 0.736. The Hall–Kier alpha value is -1.92. The van der Waals surface area contributed by atoms with E-state index in [2.05, 4.69) is 34.2 Å². The standard InChI is InChI=1S/C22H34N4O2/c1-2-19(20-8-4-3-5-9-20)16-23-21(27)17-24-12-14-25(15-13-24)18-22(28)26-10-6-7-11-26/h3-5,8-9,19H,2,6-7,10-18H2,1H3,(H,23,27). The number of rotatable bonds is 8. The monoisotopic (exact) mass is 386 g/mol. The molecule has 28 heavy (non-hydrogen) atoms. The Labute approximate surface area is 168 Å². The summed E-state index contributed by atoms with van der Waals surface area (Å²) in [6.07, 6.45) is 3.28. The molecule has 1 N–H and O–H groups in total. The minimum atomic E-state index is 0.0935. The molecule has 0 saturated carbocycles. The van der Waals surface area contributed by atoms with Crippen molar-refractivity contribution in [3.63, 3.8) is 0 Å². The van der Waals surface area contributed by atoms with Crippen LogP contribution in [0.5, 0.6) is 0 Å². The molecule has 2 saturated heterocycles. The zero-order chi connectivity index (χ0) is 19.8. The zero-order valence-electron chi connectivity index (χ0n) is 17.1. The number of carbonyl (C=O) groups is 2. The van der Waals surface area contributed by atoms with Gasteiger partial charge in [0, 0.05) is 51.7 Å². The van der Waals surface area contributed by atoms with Crippen molar-refractivity contribution in [3.05, 3.63) is 35.9 Å². The van der Waals surface area contributed by atoms with E-state index in [1.54, 1.807) is 0 Å². The van der Waals surface area contributed by atoms with Crippen LogP contribution in [0.3, 0.4) is 0 Å². The summed E-state index contributed by atoms with van der Waals surface area (Å²) in [6, 6.07) is 10.4. The van der Waals surface area contributed by atoms with Crippen molar-refractivity contribution in [2.24, 2.45) is 0 Å². The maximum atomic E-state index is 12.4. The molecular formula is C22H34N4O2. The Morgan fingerprint density at radius 3 is 2.14 bits per heavy atom. The molecule has 154 valence electrons. The predicted octanol–water partition coefficient (Wildman–Crippen LogP) is 1.54. The molecule has 0 bridgehead atoms. The van der Waals surface area contributed by atoms with Crippen LogP contribution in [0.1, 0.15) is 37.7 Å². The number of nitrogens with one attached hydrogen (secondary N) is 1. The molecule has 0 spiro atoms. The first-order valence-corrected chi connectivity index (χ1v) is 10.7. The highest BCUT2D eigenvalue weighted by Gasteiger charge is 2.24. The van der Waals surface area contributed by atoms with E-state index in [0.29, 0.717) is 25.6 Å². The van der Waals surface area contributed by atoms with Crippen LogP contribution in [0.15, 0.2) is 30.3 Å².